The van der Waals surface area contributed by atoms with Crippen LogP contribution in [-0.4, -0.2) is 0 Å². The lowest BCUT2D eigenvalue weighted by molar-refractivity contribution is 0.716. The molecule has 0 unspecified atom stereocenters. The van der Waals surface area contributed by atoms with Gasteiger partial charge in [0.2, 0.25) is 0 Å². The number of hydrogen-bond donors (Lipinski definition) is 0. The molecule has 0 amide bonds. The summed E-state index contributed by atoms with van der Waals surface area (Å²) in [5, 5.41) is 0. The molecule has 12 heavy (non-hydrogen) atoms. The van der Waals surface area contributed by atoms with Gasteiger partial charge < -0.3 is 0 Å². The minimum absolute atomic E-state index is 1.25. The maximum Gasteiger partial charge on any atom is -0.0280 e. The number of allylic oxidation sites excluding steroid dienone is 4. The van der Waals surface area contributed by atoms with E-state index in [1.807, 2.05) is 0 Å². The Labute approximate surface area is 77.4 Å². The fourth-order valence-electron chi connectivity index (χ4n) is 1.27. The van der Waals surface area contributed by atoms with Gasteiger partial charge in [-0.05, 0) is 39.2 Å². The topological polar surface area (TPSA) is 0 Å². The lowest BCUT2D eigenvalue weighted by Gasteiger charge is -2.03. The van der Waals surface area contributed by atoms with Gasteiger partial charge in [0, 0.05) is 0 Å². The van der Waals surface area contributed by atoms with Gasteiger partial charge >= 0.3 is 0 Å². The van der Waals surface area contributed by atoms with Gasteiger partial charge in [0.15, 0.2) is 0 Å². The first-order valence-corrected chi connectivity index (χ1v) is 5.01. The van der Waals surface area contributed by atoms with Crippen LogP contribution in [0, 0.1) is 0 Å². The number of hydrogen-bond acceptors (Lipinski definition) is 0. The normalized spacial score (nSPS) is 10.7. The van der Waals surface area contributed by atoms with Crippen LogP contribution in [0.2, 0.25) is 0 Å². The molecule has 0 saturated heterocycles. The predicted molar refractivity (Wildman–Crippen MR) is 57.3 cm³/mol. The highest BCUT2D eigenvalue weighted by Crippen LogP contribution is 2.14. The van der Waals surface area contributed by atoms with Crippen molar-refractivity contribution >= 4 is 0 Å². The van der Waals surface area contributed by atoms with E-state index < -0.39 is 0 Å². The molecule has 0 fully saturated rings. The molecule has 70 valence electrons. The Balaban J connectivity index is 3.90. The van der Waals surface area contributed by atoms with E-state index in [4.69, 9.17) is 0 Å². The van der Waals surface area contributed by atoms with Crippen molar-refractivity contribution in [2.24, 2.45) is 0 Å². The van der Waals surface area contributed by atoms with Crippen molar-refractivity contribution in [1.82, 2.24) is 0 Å². The monoisotopic (exact) mass is 166 g/mol. The van der Waals surface area contributed by atoms with Crippen LogP contribution in [0.4, 0.5) is 0 Å². The molecular weight excluding hydrogens is 144 g/mol. The molecule has 0 aliphatic heterocycles. The fraction of sp³-hybridized carbons (Fsp3) is 0.667. The summed E-state index contributed by atoms with van der Waals surface area (Å²) in [4.78, 5) is 0. The number of unbranched alkanes of at least 4 members (excludes halogenated alkanes) is 2. The van der Waals surface area contributed by atoms with E-state index in [2.05, 4.69) is 39.8 Å². The Bertz CT molecular complexity index is 157. The lowest BCUT2D eigenvalue weighted by Crippen LogP contribution is -1.83. The van der Waals surface area contributed by atoms with Gasteiger partial charge in [0.05, 0.1) is 0 Å². The van der Waals surface area contributed by atoms with E-state index in [1.165, 1.54) is 36.8 Å². The summed E-state index contributed by atoms with van der Waals surface area (Å²) in [6.07, 6.45) is 9.63. The Morgan fingerprint density at radius 1 is 1.17 bits per heavy atom. The Morgan fingerprint density at radius 2 is 1.83 bits per heavy atom. The maximum absolute atomic E-state index is 2.25. The lowest BCUT2D eigenvalue weighted by atomic mass is 10.0. The molecule has 0 rings (SSSR count). The smallest absolute Gasteiger partial charge is 0.0280 e. The Kier molecular flexibility index (Phi) is 6.84. The fourth-order valence-corrected chi connectivity index (χ4v) is 1.27. The molecule has 0 aromatic carbocycles. The first kappa shape index (κ1) is 11.5. The second-order valence-electron chi connectivity index (χ2n) is 3.48. The molecule has 0 saturated carbocycles. The van der Waals surface area contributed by atoms with Crippen molar-refractivity contribution in [2.45, 2.75) is 53.4 Å². The summed E-state index contributed by atoms with van der Waals surface area (Å²) in [5.74, 6) is 0. The van der Waals surface area contributed by atoms with Crippen LogP contribution < -0.4 is 0 Å². The van der Waals surface area contributed by atoms with Crippen LogP contribution in [0.5, 0.6) is 0 Å². The average molecular weight is 166 g/mol. The van der Waals surface area contributed by atoms with Gasteiger partial charge in [0.1, 0.15) is 0 Å². The van der Waals surface area contributed by atoms with Crippen LogP contribution >= 0.6 is 0 Å². The second-order valence-corrected chi connectivity index (χ2v) is 3.48. The zero-order valence-electron chi connectivity index (χ0n) is 8.98. The summed E-state index contributed by atoms with van der Waals surface area (Å²) >= 11 is 0. The Hall–Kier alpha value is -0.520. The zero-order chi connectivity index (χ0) is 9.40. The molecule has 0 aliphatic carbocycles. The van der Waals surface area contributed by atoms with Crippen LogP contribution in [0.25, 0.3) is 0 Å². The highest BCUT2D eigenvalue weighted by molar-refractivity contribution is 5.22. The average Bonchev–Trinajstić information content (AvgIpc) is 2.03. The first-order chi connectivity index (χ1) is 5.72. The van der Waals surface area contributed by atoms with E-state index >= 15 is 0 Å². The van der Waals surface area contributed by atoms with Gasteiger partial charge in [0.25, 0.3) is 0 Å². The molecule has 0 heterocycles. The summed E-state index contributed by atoms with van der Waals surface area (Å²) in [7, 11) is 0. The van der Waals surface area contributed by atoms with Crippen molar-refractivity contribution in [3.05, 3.63) is 23.3 Å². The van der Waals surface area contributed by atoms with Gasteiger partial charge in [-0.2, -0.15) is 0 Å². The summed E-state index contributed by atoms with van der Waals surface area (Å²) in [5.41, 5.74) is 2.98. The van der Waals surface area contributed by atoms with Crippen LogP contribution in [0.1, 0.15) is 53.4 Å². The van der Waals surface area contributed by atoms with Crippen molar-refractivity contribution in [2.75, 3.05) is 0 Å². The SMILES string of the molecule is C/C=C\C(CCCCC)=C(C)C. The van der Waals surface area contributed by atoms with Gasteiger partial charge in [-0.15, -0.1) is 0 Å². The van der Waals surface area contributed by atoms with E-state index in [1.54, 1.807) is 0 Å². The van der Waals surface area contributed by atoms with Gasteiger partial charge in [-0.25, -0.2) is 0 Å². The molecule has 0 aromatic heterocycles. The first-order valence-electron chi connectivity index (χ1n) is 5.01. The molecule has 0 heteroatoms. The predicted octanol–water partition coefficient (Wildman–Crippen LogP) is 4.48. The van der Waals surface area contributed by atoms with Gasteiger partial charge in [-0.1, -0.05) is 37.5 Å². The summed E-state index contributed by atoms with van der Waals surface area (Å²) < 4.78 is 0. The molecular formula is C12H22. The molecule has 0 nitrogen and oxygen atoms in total. The van der Waals surface area contributed by atoms with E-state index in [9.17, 15) is 0 Å². The third kappa shape index (κ3) is 5.17. The Morgan fingerprint density at radius 3 is 2.25 bits per heavy atom. The quantitative estimate of drug-likeness (QED) is 0.417. The molecule has 0 aliphatic rings. The summed E-state index contributed by atoms with van der Waals surface area (Å²) in [6, 6.07) is 0. The van der Waals surface area contributed by atoms with E-state index in [0.717, 1.165) is 0 Å². The van der Waals surface area contributed by atoms with Crippen LogP contribution in [0.3, 0.4) is 0 Å². The molecule has 0 bridgehead atoms. The van der Waals surface area contributed by atoms with Crippen LogP contribution in [-0.2, 0) is 0 Å². The molecule has 0 N–H and O–H groups in total. The molecule has 0 radical (unpaired) electrons. The zero-order valence-corrected chi connectivity index (χ0v) is 8.98. The highest BCUT2D eigenvalue weighted by Gasteiger charge is 1.94. The highest BCUT2D eigenvalue weighted by atomic mass is 14.0. The third-order valence-corrected chi connectivity index (χ3v) is 2.06. The van der Waals surface area contributed by atoms with Crippen molar-refractivity contribution in [3.8, 4) is 0 Å². The van der Waals surface area contributed by atoms with E-state index in [-0.39, 0.29) is 0 Å². The van der Waals surface area contributed by atoms with Crippen molar-refractivity contribution in [1.29, 1.82) is 0 Å². The molecule has 0 atom stereocenters. The van der Waals surface area contributed by atoms with E-state index in [0.29, 0.717) is 0 Å². The van der Waals surface area contributed by atoms with Crippen molar-refractivity contribution in [3.63, 3.8) is 0 Å². The van der Waals surface area contributed by atoms with Crippen LogP contribution in [0.15, 0.2) is 23.3 Å². The number of rotatable bonds is 5. The van der Waals surface area contributed by atoms with Gasteiger partial charge in [-0.3, -0.25) is 0 Å². The minimum atomic E-state index is 1.25. The molecule has 0 spiro atoms. The summed E-state index contributed by atoms with van der Waals surface area (Å²) in [6.45, 7) is 8.73. The third-order valence-electron chi connectivity index (χ3n) is 2.06. The second kappa shape index (κ2) is 7.15. The molecule has 0 aromatic rings. The maximum atomic E-state index is 2.25. The minimum Gasteiger partial charge on any atom is -0.0874 e. The largest absolute Gasteiger partial charge is 0.0874 e. The standard InChI is InChI=1S/C12H22/c1-5-7-8-10-12(9-6-2)11(3)4/h6,9H,5,7-8,10H2,1-4H3/b9-6-. The van der Waals surface area contributed by atoms with Crippen molar-refractivity contribution < 1.29 is 0 Å².